The van der Waals surface area contributed by atoms with Crippen molar-refractivity contribution in [3.05, 3.63) is 75.0 Å². The standard InChI is InChI=1S/C27H23ClN4O2/c1-14-11-15(2)13-32(12-14)27-30-25-22(26(34)31-27)20(16-7-9-17(28)10-8-16)21-23(29-25)18-5-3-4-6-19(18)24(21)33/h3-10,14-15H,11-13H2,1-2H3,(H,29,30,31,34)/t14-,15+. The Morgan fingerprint density at radius 2 is 1.59 bits per heavy atom. The van der Waals surface area contributed by atoms with Gasteiger partial charge in [0.2, 0.25) is 5.95 Å². The molecule has 0 bridgehead atoms. The maximum absolute atomic E-state index is 13.5. The van der Waals surface area contributed by atoms with Gasteiger partial charge in [0.15, 0.2) is 11.4 Å². The first-order valence-electron chi connectivity index (χ1n) is 11.5. The van der Waals surface area contributed by atoms with Gasteiger partial charge in [-0.05, 0) is 36.0 Å². The molecule has 0 amide bonds. The Labute approximate surface area is 201 Å². The molecule has 3 heterocycles. The molecule has 2 aromatic heterocycles. The number of halogens is 1. The minimum absolute atomic E-state index is 0.132. The fraction of sp³-hybridized carbons (Fsp3) is 0.259. The number of ketones is 1. The molecule has 1 saturated heterocycles. The van der Waals surface area contributed by atoms with E-state index in [2.05, 4.69) is 23.7 Å². The Kier molecular flexibility index (Phi) is 4.81. The molecular weight excluding hydrogens is 448 g/mol. The molecule has 7 heteroatoms. The lowest BCUT2D eigenvalue weighted by atomic mass is 9.92. The van der Waals surface area contributed by atoms with Gasteiger partial charge in [0.05, 0.1) is 16.6 Å². The Hall–Kier alpha value is -3.51. The smallest absolute Gasteiger partial charge is 0.262 e. The molecule has 0 unspecified atom stereocenters. The number of carbonyl (C=O) groups excluding carboxylic acids is 1. The van der Waals surface area contributed by atoms with Gasteiger partial charge in [0.1, 0.15) is 0 Å². The highest BCUT2D eigenvalue weighted by molar-refractivity contribution is 6.31. The van der Waals surface area contributed by atoms with Gasteiger partial charge in [-0.3, -0.25) is 14.6 Å². The van der Waals surface area contributed by atoms with Gasteiger partial charge >= 0.3 is 0 Å². The number of hydrogen-bond donors (Lipinski definition) is 1. The van der Waals surface area contributed by atoms with E-state index >= 15 is 0 Å². The van der Waals surface area contributed by atoms with Crippen molar-refractivity contribution in [3.8, 4) is 22.4 Å². The highest BCUT2D eigenvalue weighted by atomic mass is 35.5. The highest BCUT2D eigenvalue weighted by Crippen LogP contribution is 2.43. The Morgan fingerprint density at radius 1 is 0.912 bits per heavy atom. The summed E-state index contributed by atoms with van der Waals surface area (Å²) < 4.78 is 0. The van der Waals surface area contributed by atoms with Crippen LogP contribution in [0.25, 0.3) is 33.4 Å². The summed E-state index contributed by atoms with van der Waals surface area (Å²) in [7, 11) is 0. The van der Waals surface area contributed by atoms with Crippen molar-refractivity contribution in [1.82, 2.24) is 15.0 Å². The molecule has 1 aliphatic carbocycles. The molecule has 1 aliphatic heterocycles. The number of anilines is 1. The zero-order chi connectivity index (χ0) is 23.6. The van der Waals surface area contributed by atoms with Crippen LogP contribution in [0.15, 0.2) is 53.3 Å². The average molecular weight is 471 g/mol. The molecule has 0 radical (unpaired) electrons. The van der Waals surface area contributed by atoms with Crippen LogP contribution in [0, 0.1) is 11.8 Å². The van der Waals surface area contributed by atoms with Gasteiger partial charge in [0.25, 0.3) is 5.56 Å². The van der Waals surface area contributed by atoms with Gasteiger partial charge in [-0.15, -0.1) is 0 Å². The van der Waals surface area contributed by atoms with Crippen molar-refractivity contribution in [2.45, 2.75) is 20.3 Å². The lowest BCUT2D eigenvalue weighted by Gasteiger charge is -2.35. The van der Waals surface area contributed by atoms with Crippen LogP contribution in [0.5, 0.6) is 0 Å². The summed E-state index contributed by atoms with van der Waals surface area (Å²) in [6.45, 7) is 6.09. The average Bonchev–Trinajstić information content (AvgIpc) is 3.09. The minimum atomic E-state index is -0.296. The number of nitrogens with one attached hydrogen (secondary N) is 1. The predicted octanol–water partition coefficient (Wildman–Crippen LogP) is 5.33. The van der Waals surface area contributed by atoms with Crippen LogP contribution in [0.4, 0.5) is 5.95 Å². The number of fused-ring (bicyclic) bond motifs is 4. The van der Waals surface area contributed by atoms with E-state index in [0.717, 1.165) is 30.6 Å². The maximum atomic E-state index is 13.5. The van der Waals surface area contributed by atoms with E-state index in [4.69, 9.17) is 21.6 Å². The number of aromatic nitrogens is 3. The summed E-state index contributed by atoms with van der Waals surface area (Å²) in [5, 5.41) is 0.903. The van der Waals surface area contributed by atoms with Crippen LogP contribution in [0.1, 0.15) is 36.2 Å². The van der Waals surface area contributed by atoms with E-state index in [1.165, 1.54) is 0 Å². The van der Waals surface area contributed by atoms with E-state index in [0.29, 0.717) is 56.2 Å². The molecular formula is C27H23ClN4O2. The molecule has 1 fully saturated rings. The third-order valence-corrected chi connectivity index (χ3v) is 7.05. The molecule has 1 N–H and O–H groups in total. The minimum Gasteiger partial charge on any atom is -0.342 e. The van der Waals surface area contributed by atoms with Gasteiger partial charge in [-0.25, -0.2) is 4.98 Å². The number of piperidine rings is 1. The molecule has 2 atom stereocenters. The quantitative estimate of drug-likeness (QED) is 0.377. The van der Waals surface area contributed by atoms with E-state index < -0.39 is 0 Å². The SMILES string of the molecule is C[C@@H]1C[C@H](C)CN(c2nc3nc4c(c(-c5ccc(Cl)cc5)c3c(=O)[nH]2)C(=O)c2ccccc2-4)C1. The van der Waals surface area contributed by atoms with E-state index in [1.54, 1.807) is 18.2 Å². The number of benzene rings is 2. The van der Waals surface area contributed by atoms with Crippen molar-refractivity contribution in [1.29, 1.82) is 0 Å². The zero-order valence-electron chi connectivity index (χ0n) is 18.9. The van der Waals surface area contributed by atoms with Crippen LogP contribution in [0.2, 0.25) is 5.02 Å². The lowest BCUT2D eigenvalue weighted by molar-refractivity contribution is 0.104. The fourth-order valence-corrected chi connectivity index (χ4v) is 5.62. The fourth-order valence-electron chi connectivity index (χ4n) is 5.49. The first kappa shape index (κ1) is 21.1. The van der Waals surface area contributed by atoms with Crippen molar-refractivity contribution < 1.29 is 4.79 Å². The number of nitrogens with zero attached hydrogens (tertiary/aromatic N) is 3. The summed E-state index contributed by atoms with van der Waals surface area (Å²) in [6.07, 6.45) is 1.15. The molecule has 6 rings (SSSR count). The van der Waals surface area contributed by atoms with Crippen LogP contribution < -0.4 is 10.5 Å². The Balaban J connectivity index is 1.65. The second-order valence-corrected chi connectivity index (χ2v) is 9.97. The van der Waals surface area contributed by atoms with Crippen molar-refractivity contribution in [2.75, 3.05) is 18.0 Å². The van der Waals surface area contributed by atoms with Crippen LogP contribution in [-0.2, 0) is 0 Å². The predicted molar refractivity (Wildman–Crippen MR) is 135 cm³/mol. The lowest BCUT2D eigenvalue weighted by Crippen LogP contribution is -2.40. The third kappa shape index (κ3) is 3.24. The molecule has 170 valence electrons. The topological polar surface area (TPSA) is 79.0 Å². The van der Waals surface area contributed by atoms with Crippen molar-refractivity contribution >= 4 is 34.4 Å². The van der Waals surface area contributed by atoms with Gasteiger partial charge in [0, 0.05) is 34.8 Å². The van der Waals surface area contributed by atoms with Crippen molar-refractivity contribution in [2.24, 2.45) is 11.8 Å². The maximum Gasteiger partial charge on any atom is 0.262 e. The summed E-state index contributed by atoms with van der Waals surface area (Å²) in [5.74, 6) is 1.41. The third-order valence-electron chi connectivity index (χ3n) is 6.80. The largest absolute Gasteiger partial charge is 0.342 e. The second-order valence-electron chi connectivity index (χ2n) is 9.53. The Bertz CT molecular complexity index is 1520. The second kappa shape index (κ2) is 7.77. The van der Waals surface area contributed by atoms with E-state index in [9.17, 15) is 9.59 Å². The highest BCUT2D eigenvalue weighted by Gasteiger charge is 2.34. The summed E-state index contributed by atoms with van der Waals surface area (Å²) in [4.78, 5) is 41.8. The van der Waals surface area contributed by atoms with Crippen LogP contribution in [0.3, 0.4) is 0 Å². The number of hydrogen-bond acceptors (Lipinski definition) is 5. The monoisotopic (exact) mass is 470 g/mol. The summed E-state index contributed by atoms with van der Waals surface area (Å²) in [5.41, 5.74) is 3.70. The van der Waals surface area contributed by atoms with Crippen LogP contribution in [-0.4, -0.2) is 33.8 Å². The van der Waals surface area contributed by atoms with Gasteiger partial charge < -0.3 is 4.90 Å². The molecule has 6 nitrogen and oxygen atoms in total. The molecule has 0 saturated carbocycles. The molecule has 2 aliphatic rings. The first-order valence-corrected chi connectivity index (χ1v) is 11.9. The number of H-pyrrole nitrogens is 1. The number of aromatic amines is 1. The number of pyridine rings is 1. The molecule has 0 spiro atoms. The number of rotatable bonds is 2. The first-order chi connectivity index (χ1) is 16.4. The normalized spacial score (nSPS) is 19.4. The molecule has 2 aromatic carbocycles. The van der Waals surface area contributed by atoms with Crippen LogP contribution >= 0.6 is 11.6 Å². The zero-order valence-corrected chi connectivity index (χ0v) is 19.7. The summed E-state index contributed by atoms with van der Waals surface area (Å²) >= 11 is 6.13. The van der Waals surface area contributed by atoms with Gasteiger partial charge in [-0.2, -0.15) is 4.98 Å². The Morgan fingerprint density at radius 3 is 2.29 bits per heavy atom. The van der Waals surface area contributed by atoms with E-state index in [1.807, 2.05) is 30.3 Å². The van der Waals surface area contributed by atoms with E-state index in [-0.39, 0.29) is 11.3 Å². The molecule has 4 aromatic rings. The molecule has 34 heavy (non-hydrogen) atoms. The summed E-state index contributed by atoms with van der Waals surface area (Å²) in [6, 6.07) is 14.6. The van der Waals surface area contributed by atoms with Gasteiger partial charge in [-0.1, -0.05) is 61.8 Å². The van der Waals surface area contributed by atoms with Crippen molar-refractivity contribution in [3.63, 3.8) is 0 Å². The number of carbonyl (C=O) groups is 1.